The summed E-state index contributed by atoms with van der Waals surface area (Å²) in [5.74, 6) is 0.145. The maximum absolute atomic E-state index is 12.4. The van der Waals surface area contributed by atoms with E-state index in [1.54, 1.807) is 18.0 Å². The van der Waals surface area contributed by atoms with Crippen LogP contribution in [-0.2, 0) is 4.79 Å². The molecule has 1 aliphatic rings. The first kappa shape index (κ1) is 12.2. The molecular formula is C15H14N2OS. The Morgan fingerprint density at radius 3 is 2.53 bits per heavy atom. The normalized spacial score (nSPS) is 22.8. The molecule has 1 fully saturated rings. The fraction of sp³-hybridized carbons (Fsp3) is 0.200. The van der Waals surface area contributed by atoms with Crippen LogP contribution in [0.2, 0.25) is 0 Å². The summed E-state index contributed by atoms with van der Waals surface area (Å²) in [7, 11) is 0. The number of para-hydroxylation sites is 1. The molecule has 0 N–H and O–H groups in total. The van der Waals surface area contributed by atoms with E-state index in [0.29, 0.717) is 0 Å². The van der Waals surface area contributed by atoms with Crippen molar-refractivity contribution >= 4 is 23.4 Å². The Bertz CT molecular complexity index is 573. The summed E-state index contributed by atoms with van der Waals surface area (Å²) in [6, 6.07) is 15.6. The van der Waals surface area contributed by atoms with E-state index in [0.717, 1.165) is 11.4 Å². The molecule has 0 radical (unpaired) electrons. The zero-order valence-electron chi connectivity index (χ0n) is 10.6. The number of benzene rings is 1. The summed E-state index contributed by atoms with van der Waals surface area (Å²) in [4.78, 5) is 18.6. The number of amides is 1. The van der Waals surface area contributed by atoms with E-state index in [-0.39, 0.29) is 16.5 Å². The third-order valence-electron chi connectivity index (χ3n) is 3.13. The van der Waals surface area contributed by atoms with Gasteiger partial charge >= 0.3 is 0 Å². The minimum Gasteiger partial charge on any atom is -0.293 e. The van der Waals surface area contributed by atoms with Gasteiger partial charge in [-0.05, 0) is 31.2 Å². The van der Waals surface area contributed by atoms with E-state index in [2.05, 4.69) is 4.98 Å². The van der Waals surface area contributed by atoms with Gasteiger partial charge in [0.2, 0.25) is 5.91 Å². The van der Waals surface area contributed by atoms with Crippen LogP contribution in [0, 0.1) is 0 Å². The SMILES string of the molecule is C[C@H]1S[C@@H](c2ccccn2)N(c2ccccc2)C1=O. The minimum atomic E-state index is -0.0360. The molecule has 2 aromatic rings. The Labute approximate surface area is 116 Å². The molecule has 0 saturated carbocycles. The van der Waals surface area contributed by atoms with E-state index < -0.39 is 0 Å². The van der Waals surface area contributed by atoms with Crippen molar-refractivity contribution in [3.05, 3.63) is 60.4 Å². The smallest absolute Gasteiger partial charge is 0.241 e. The second kappa shape index (κ2) is 5.05. The van der Waals surface area contributed by atoms with E-state index >= 15 is 0 Å². The number of nitrogens with zero attached hydrogens (tertiary/aromatic N) is 2. The van der Waals surface area contributed by atoms with Gasteiger partial charge in [0.1, 0.15) is 5.37 Å². The van der Waals surface area contributed by atoms with Crippen LogP contribution in [0.1, 0.15) is 18.0 Å². The Hall–Kier alpha value is -1.81. The minimum absolute atomic E-state index is 0.0350. The third kappa shape index (κ3) is 2.24. The zero-order valence-corrected chi connectivity index (χ0v) is 11.4. The summed E-state index contributed by atoms with van der Waals surface area (Å²) in [5.41, 5.74) is 1.86. The molecule has 1 aliphatic heterocycles. The molecule has 4 heteroatoms. The van der Waals surface area contributed by atoms with Crippen molar-refractivity contribution in [2.75, 3.05) is 4.90 Å². The Morgan fingerprint density at radius 1 is 1.11 bits per heavy atom. The lowest BCUT2D eigenvalue weighted by Crippen LogP contribution is -2.30. The van der Waals surface area contributed by atoms with E-state index in [4.69, 9.17) is 0 Å². The van der Waals surface area contributed by atoms with Crippen molar-refractivity contribution < 1.29 is 4.79 Å². The van der Waals surface area contributed by atoms with Gasteiger partial charge in [0.15, 0.2) is 0 Å². The molecule has 0 aliphatic carbocycles. The van der Waals surface area contributed by atoms with Crippen LogP contribution in [-0.4, -0.2) is 16.1 Å². The molecular weight excluding hydrogens is 256 g/mol. The molecule has 96 valence electrons. The molecule has 2 atom stereocenters. The summed E-state index contributed by atoms with van der Waals surface area (Å²) in [6.45, 7) is 1.95. The molecule has 0 spiro atoms. The molecule has 0 unspecified atom stereocenters. The molecule has 1 saturated heterocycles. The summed E-state index contributed by atoms with van der Waals surface area (Å²) >= 11 is 1.64. The van der Waals surface area contributed by atoms with Crippen LogP contribution < -0.4 is 4.90 Å². The quantitative estimate of drug-likeness (QED) is 0.840. The maximum Gasteiger partial charge on any atom is 0.241 e. The van der Waals surface area contributed by atoms with Crippen LogP contribution >= 0.6 is 11.8 Å². The Morgan fingerprint density at radius 2 is 1.84 bits per heavy atom. The first-order valence-corrected chi connectivity index (χ1v) is 7.16. The Kier molecular flexibility index (Phi) is 3.25. The first-order valence-electron chi connectivity index (χ1n) is 6.22. The molecule has 1 aromatic heterocycles. The van der Waals surface area contributed by atoms with Gasteiger partial charge in [0.25, 0.3) is 0 Å². The Balaban J connectivity index is 2.02. The number of thioether (sulfide) groups is 1. The van der Waals surface area contributed by atoms with Crippen molar-refractivity contribution in [2.24, 2.45) is 0 Å². The third-order valence-corrected chi connectivity index (χ3v) is 4.45. The molecule has 1 aromatic carbocycles. The van der Waals surface area contributed by atoms with E-state index in [9.17, 15) is 4.79 Å². The van der Waals surface area contributed by atoms with Gasteiger partial charge in [-0.3, -0.25) is 14.7 Å². The fourth-order valence-electron chi connectivity index (χ4n) is 2.20. The van der Waals surface area contributed by atoms with Gasteiger partial charge in [-0.15, -0.1) is 11.8 Å². The lowest BCUT2D eigenvalue weighted by molar-refractivity contribution is -0.117. The van der Waals surface area contributed by atoms with Crippen molar-refractivity contribution in [3.63, 3.8) is 0 Å². The average Bonchev–Trinajstić information content (AvgIpc) is 2.77. The van der Waals surface area contributed by atoms with Gasteiger partial charge in [-0.2, -0.15) is 0 Å². The number of hydrogen-bond acceptors (Lipinski definition) is 3. The number of carbonyl (C=O) groups is 1. The summed E-state index contributed by atoms with van der Waals surface area (Å²) in [5, 5.41) is -0.0710. The van der Waals surface area contributed by atoms with Gasteiger partial charge < -0.3 is 0 Å². The van der Waals surface area contributed by atoms with Crippen molar-refractivity contribution in [3.8, 4) is 0 Å². The number of aromatic nitrogens is 1. The second-order valence-electron chi connectivity index (χ2n) is 4.43. The fourth-order valence-corrected chi connectivity index (χ4v) is 3.44. The molecule has 1 amide bonds. The largest absolute Gasteiger partial charge is 0.293 e. The molecule has 3 nitrogen and oxygen atoms in total. The van der Waals surface area contributed by atoms with Crippen LogP contribution in [0.3, 0.4) is 0 Å². The van der Waals surface area contributed by atoms with Crippen LogP contribution in [0.5, 0.6) is 0 Å². The lowest BCUT2D eigenvalue weighted by Gasteiger charge is -2.23. The molecule has 19 heavy (non-hydrogen) atoms. The highest BCUT2D eigenvalue weighted by molar-refractivity contribution is 8.01. The highest BCUT2D eigenvalue weighted by atomic mass is 32.2. The predicted molar refractivity (Wildman–Crippen MR) is 78.0 cm³/mol. The van der Waals surface area contributed by atoms with Gasteiger partial charge in [-0.1, -0.05) is 24.3 Å². The van der Waals surface area contributed by atoms with E-state index in [1.165, 1.54) is 0 Å². The summed E-state index contributed by atoms with van der Waals surface area (Å²) < 4.78 is 0. The number of hydrogen-bond donors (Lipinski definition) is 0. The van der Waals surface area contributed by atoms with Crippen molar-refractivity contribution in [1.29, 1.82) is 0 Å². The van der Waals surface area contributed by atoms with Crippen LogP contribution in [0.4, 0.5) is 5.69 Å². The van der Waals surface area contributed by atoms with Crippen molar-refractivity contribution in [2.45, 2.75) is 17.5 Å². The standard InChI is InChI=1S/C15H14N2OS/c1-11-14(18)17(12-7-3-2-4-8-12)15(19-11)13-9-5-6-10-16-13/h2-11,15H,1H3/t11-,15+/m1/s1. The van der Waals surface area contributed by atoms with Gasteiger partial charge in [0.05, 0.1) is 10.9 Å². The number of pyridine rings is 1. The van der Waals surface area contributed by atoms with Crippen LogP contribution in [0.15, 0.2) is 54.7 Å². The van der Waals surface area contributed by atoms with Crippen molar-refractivity contribution in [1.82, 2.24) is 4.98 Å². The van der Waals surface area contributed by atoms with Crippen LogP contribution in [0.25, 0.3) is 0 Å². The van der Waals surface area contributed by atoms with Gasteiger partial charge in [-0.25, -0.2) is 0 Å². The molecule has 2 heterocycles. The summed E-state index contributed by atoms with van der Waals surface area (Å²) in [6.07, 6.45) is 1.77. The topological polar surface area (TPSA) is 33.2 Å². The first-order chi connectivity index (χ1) is 9.27. The lowest BCUT2D eigenvalue weighted by atomic mass is 10.2. The highest BCUT2D eigenvalue weighted by Gasteiger charge is 2.39. The predicted octanol–water partition coefficient (Wildman–Crippen LogP) is 3.25. The maximum atomic E-state index is 12.4. The van der Waals surface area contributed by atoms with E-state index in [1.807, 2.05) is 60.4 Å². The number of rotatable bonds is 2. The second-order valence-corrected chi connectivity index (χ2v) is 5.85. The number of anilines is 1. The average molecular weight is 270 g/mol. The van der Waals surface area contributed by atoms with Gasteiger partial charge in [0, 0.05) is 11.9 Å². The molecule has 0 bridgehead atoms. The molecule has 3 rings (SSSR count). The number of carbonyl (C=O) groups excluding carboxylic acids is 1. The highest BCUT2D eigenvalue weighted by Crippen LogP contribution is 2.44. The zero-order chi connectivity index (χ0) is 13.2. The monoisotopic (exact) mass is 270 g/mol.